The smallest absolute Gasteiger partial charge is 0.240 e. The van der Waals surface area contributed by atoms with E-state index in [9.17, 15) is 8.42 Å². The Hall–Kier alpha value is -1.85. The van der Waals surface area contributed by atoms with Gasteiger partial charge in [-0.1, -0.05) is 24.3 Å². The maximum absolute atomic E-state index is 12.6. The van der Waals surface area contributed by atoms with Gasteiger partial charge in [0.2, 0.25) is 10.0 Å². The van der Waals surface area contributed by atoms with Crippen LogP contribution in [-0.4, -0.2) is 28.1 Å². The summed E-state index contributed by atoms with van der Waals surface area (Å²) in [6.45, 7) is 2.38. The van der Waals surface area contributed by atoms with Crippen molar-refractivity contribution < 1.29 is 8.42 Å². The topological polar surface area (TPSA) is 49.4 Å². The molecule has 2 aromatic rings. The largest absolute Gasteiger partial charge is 0.371 e. The van der Waals surface area contributed by atoms with Crippen LogP contribution < -0.4 is 9.62 Å². The Kier molecular flexibility index (Phi) is 4.52. The lowest BCUT2D eigenvalue weighted by Crippen LogP contribution is -2.31. The van der Waals surface area contributed by atoms with E-state index in [0.29, 0.717) is 17.4 Å². The first-order valence-electron chi connectivity index (χ1n) is 9.03. The highest BCUT2D eigenvalue weighted by Crippen LogP contribution is 2.26. The first-order chi connectivity index (χ1) is 12.1. The number of hydrogen-bond donors (Lipinski definition) is 1. The fourth-order valence-corrected chi connectivity index (χ4v) is 5.07. The molecule has 25 heavy (non-hydrogen) atoms. The van der Waals surface area contributed by atoms with Crippen molar-refractivity contribution in [2.24, 2.45) is 5.92 Å². The van der Waals surface area contributed by atoms with Crippen LogP contribution in [0.3, 0.4) is 0 Å². The minimum atomic E-state index is -3.42. The average Bonchev–Trinajstić information content (AvgIpc) is 3.29. The molecule has 1 aliphatic carbocycles. The van der Waals surface area contributed by atoms with Crippen molar-refractivity contribution in [2.75, 3.05) is 24.5 Å². The molecule has 1 N–H and O–H groups in total. The van der Waals surface area contributed by atoms with Gasteiger partial charge in [-0.25, -0.2) is 13.1 Å². The number of para-hydroxylation sites is 1. The number of benzene rings is 2. The van der Waals surface area contributed by atoms with Gasteiger partial charge >= 0.3 is 0 Å². The van der Waals surface area contributed by atoms with E-state index in [2.05, 4.69) is 21.8 Å². The van der Waals surface area contributed by atoms with Gasteiger partial charge in [0.15, 0.2) is 0 Å². The molecule has 1 fully saturated rings. The second kappa shape index (κ2) is 6.81. The lowest BCUT2D eigenvalue weighted by Gasteiger charge is -2.18. The number of rotatable bonds is 5. The summed E-state index contributed by atoms with van der Waals surface area (Å²) >= 11 is 0. The summed E-state index contributed by atoms with van der Waals surface area (Å²) in [5.74, 6) is 0.351. The summed E-state index contributed by atoms with van der Waals surface area (Å²) < 4.78 is 28.1. The fourth-order valence-electron chi connectivity index (χ4n) is 3.90. The maximum atomic E-state index is 12.6. The summed E-state index contributed by atoms with van der Waals surface area (Å²) in [6.07, 6.45) is 4.21. The quantitative estimate of drug-likeness (QED) is 0.896. The number of fused-ring (bicyclic) bond motifs is 1. The highest BCUT2D eigenvalue weighted by molar-refractivity contribution is 7.89. The molecule has 1 aliphatic heterocycles. The first kappa shape index (κ1) is 16.6. The predicted octanol–water partition coefficient (Wildman–Crippen LogP) is 2.98. The van der Waals surface area contributed by atoms with Gasteiger partial charge in [-0.2, -0.15) is 0 Å². The SMILES string of the molecule is O=S(=O)(NCC1CCN(c2ccccc2)C1)c1ccc2c(c1)CCC2. The van der Waals surface area contributed by atoms with E-state index < -0.39 is 10.0 Å². The van der Waals surface area contributed by atoms with E-state index in [1.807, 2.05) is 30.3 Å². The second-order valence-electron chi connectivity index (χ2n) is 7.07. The molecule has 1 heterocycles. The minimum absolute atomic E-state index is 0.351. The summed E-state index contributed by atoms with van der Waals surface area (Å²) in [7, 11) is -3.42. The number of nitrogens with zero attached hydrogens (tertiary/aromatic N) is 1. The van der Waals surface area contributed by atoms with Crippen molar-refractivity contribution in [3.63, 3.8) is 0 Å². The zero-order valence-electron chi connectivity index (χ0n) is 14.3. The van der Waals surface area contributed by atoms with Gasteiger partial charge in [-0.3, -0.25) is 0 Å². The van der Waals surface area contributed by atoms with Crippen molar-refractivity contribution in [1.29, 1.82) is 0 Å². The molecule has 1 atom stereocenters. The van der Waals surface area contributed by atoms with E-state index in [1.165, 1.54) is 16.8 Å². The zero-order chi connectivity index (χ0) is 17.3. The lowest BCUT2D eigenvalue weighted by atomic mass is 10.1. The summed E-state index contributed by atoms with van der Waals surface area (Å²) in [6, 6.07) is 15.9. The maximum Gasteiger partial charge on any atom is 0.240 e. The van der Waals surface area contributed by atoms with Crippen molar-refractivity contribution in [1.82, 2.24) is 4.72 Å². The molecule has 0 aromatic heterocycles. The molecule has 5 heteroatoms. The molecule has 1 unspecified atom stereocenters. The molecule has 0 amide bonds. The molecule has 1 saturated heterocycles. The van der Waals surface area contributed by atoms with Crippen LogP contribution in [0.1, 0.15) is 24.0 Å². The van der Waals surface area contributed by atoms with Crippen LogP contribution >= 0.6 is 0 Å². The normalized spacial score (nSPS) is 20.0. The van der Waals surface area contributed by atoms with E-state index in [-0.39, 0.29) is 0 Å². The molecule has 4 nitrogen and oxygen atoms in total. The van der Waals surface area contributed by atoms with Crippen molar-refractivity contribution >= 4 is 15.7 Å². The molecular weight excluding hydrogens is 332 g/mol. The highest BCUT2D eigenvalue weighted by atomic mass is 32.2. The Morgan fingerprint density at radius 1 is 1.04 bits per heavy atom. The third-order valence-electron chi connectivity index (χ3n) is 5.35. The molecule has 0 radical (unpaired) electrons. The molecule has 2 aromatic carbocycles. The van der Waals surface area contributed by atoms with Gasteiger partial charge in [-0.05, 0) is 67.0 Å². The van der Waals surface area contributed by atoms with Crippen LogP contribution in [0, 0.1) is 5.92 Å². The number of aryl methyl sites for hydroxylation is 2. The molecule has 0 bridgehead atoms. The van der Waals surface area contributed by atoms with Crippen molar-refractivity contribution in [2.45, 2.75) is 30.6 Å². The standard InChI is InChI=1S/C20H24N2O2S/c23-25(24,20-10-9-17-5-4-6-18(17)13-20)21-14-16-11-12-22(15-16)19-7-2-1-3-8-19/h1-3,7-10,13,16,21H,4-6,11-12,14-15H2. The van der Waals surface area contributed by atoms with Crippen LogP contribution in [0.5, 0.6) is 0 Å². The zero-order valence-corrected chi connectivity index (χ0v) is 15.1. The molecule has 132 valence electrons. The monoisotopic (exact) mass is 356 g/mol. The van der Waals surface area contributed by atoms with E-state index >= 15 is 0 Å². The minimum Gasteiger partial charge on any atom is -0.371 e. The molecule has 0 saturated carbocycles. The second-order valence-corrected chi connectivity index (χ2v) is 8.84. The summed E-state index contributed by atoms with van der Waals surface area (Å²) in [5, 5.41) is 0. The Morgan fingerprint density at radius 3 is 2.68 bits per heavy atom. The Labute approximate surface area is 149 Å². The van der Waals surface area contributed by atoms with E-state index in [1.54, 1.807) is 6.07 Å². The number of hydrogen-bond acceptors (Lipinski definition) is 3. The number of anilines is 1. The van der Waals surface area contributed by atoms with E-state index in [4.69, 9.17) is 0 Å². The molecule has 4 rings (SSSR count). The van der Waals surface area contributed by atoms with Crippen LogP contribution in [-0.2, 0) is 22.9 Å². The Bertz CT molecular complexity index is 849. The third-order valence-corrected chi connectivity index (χ3v) is 6.77. The van der Waals surface area contributed by atoms with Crippen molar-refractivity contribution in [3.8, 4) is 0 Å². The van der Waals surface area contributed by atoms with Gasteiger partial charge in [-0.15, -0.1) is 0 Å². The Balaban J connectivity index is 1.38. The lowest BCUT2D eigenvalue weighted by molar-refractivity contribution is 0.541. The molecule has 2 aliphatic rings. The Morgan fingerprint density at radius 2 is 1.84 bits per heavy atom. The van der Waals surface area contributed by atoms with Gasteiger partial charge in [0.25, 0.3) is 0 Å². The first-order valence-corrected chi connectivity index (χ1v) is 10.5. The van der Waals surface area contributed by atoms with Gasteiger partial charge in [0.05, 0.1) is 4.90 Å². The van der Waals surface area contributed by atoms with Crippen LogP contribution in [0.4, 0.5) is 5.69 Å². The molecule has 0 spiro atoms. The summed E-state index contributed by atoms with van der Waals surface area (Å²) in [4.78, 5) is 2.74. The van der Waals surface area contributed by atoms with Crippen LogP contribution in [0.25, 0.3) is 0 Å². The van der Waals surface area contributed by atoms with Gasteiger partial charge in [0, 0.05) is 25.3 Å². The number of sulfonamides is 1. The molecular formula is C20H24N2O2S. The summed E-state index contributed by atoms with van der Waals surface area (Å²) in [5.41, 5.74) is 3.71. The number of nitrogens with one attached hydrogen (secondary N) is 1. The van der Waals surface area contributed by atoms with Gasteiger partial charge < -0.3 is 4.90 Å². The fraction of sp³-hybridized carbons (Fsp3) is 0.400. The third kappa shape index (κ3) is 3.58. The van der Waals surface area contributed by atoms with Crippen molar-refractivity contribution in [3.05, 3.63) is 59.7 Å². The van der Waals surface area contributed by atoms with Crippen LogP contribution in [0.15, 0.2) is 53.4 Å². The van der Waals surface area contributed by atoms with Crippen LogP contribution in [0.2, 0.25) is 0 Å². The average molecular weight is 356 g/mol. The highest BCUT2D eigenvalue weighted by Gasteiger charge is 2.25. The van der Waals surface area contributed by atoms with Gasteiger partial charge in [0.1, 0.15) is 0 Å². The van der Waals surface area contributed by atoms with E-state index in [0.717, 1.165) is 38.8 Å². The predicted molar refractivity (Wildman–Crippen MR) is 100 cm³/mol.